The van der Waals surface area contributed by atoms with E-state index in [4.69, 9.17) is 19.9 Å². The number of likely N-dealkylation sites (N-methyl/N-ethyl adjacent to an activating group) is 2. The molecule has 5 atom stereocenters. The lowest BCUT2D eigenvalue weighted by Crippen LogP contribution is -2.54. The molecule has 1 spiro atoms. The summed E-state index contributed by atoms with van der Waals surface area (Å²) in [6.07, 6.45) is 4.82. The van der Waals surface area contributed by atoms with Crippen LogP contribution in [0, 0.1) is 16.7 Å². The molecule has 1 saturated carbocycles. The summed E-state index contributed by atoms with van der Waals surface area (Å²) in [5.74, 6) is -3.65. The number of nitrogens with two attached hydrogens (primary N) is 1. The summed E-state index contributed by atoms with van der Waals surface area (Å²) in [6, 6.07) is 3.62. The number of aliphatic hydroxyl groups is 1. The third-order valence-electron chi connectivity index (χ3n) is 14.0. The molecule has 398 valence electrons. The van der Waals surface area contributed by atoms with Gasteiger partial charge in [0, 0.05) is 88.0 Å². The number of carbonyl (C=O) groups excluding carboxylic acids is 10. The number of rotatable bonds is 24. The van der Waals surface area contributed by atoms with E-state index >= 15 is 0 Å². The normalized spacial score (nSPS) is 21.2. The van der Waals surface area contributed by atoms with Gasteiger partial charge in [0.15, 0.2) is 5.78 Å². The number of esters is 1. The molecule has 0 aromatic heterocycles. The van der Waals surface area contributed by atoms with Crippen molar-refractivity contribution in [3.05, 3.63) is 64.8 Å². The summed E-state index contributed by atoms with van der Waals surface area (Å²) in [4.78, 5) is 131. The number of ether oxygens (including phenoxy) is 3. The quantitative estimate of drug-likeness (QED) is 0.0376. The van der Waals surface area contributed by atoms with Crippen LogP contribution in [-0.2, 0) is 54.4 Å². The monoisotopic (exact) mass is 1020 g/mol. The molecule has 7 N–H and O–H groups in total. The number of primary amides is 1. The van der Waals surface area contributed by atoms with E-state index in [0.29, 0.717) is 48.9 Å². The number of nitrogens with zero attached hydrogens (tertiary/aromatic N) is 3. The summed E-state index contributed by atoms with van der Waals surface area (Å²) >= 11 is 0. The van der Waals surface area contributed by atoms with Crippen molar-refractivity contribution in [2.75, 3.05) is 52.2 Å². The zero-order chi connectivity index (χ0) is 54.0. The minimum atomic E-state index is -1.64. The van der Waals surface area contributed by atoms with E-state index in [0.717, 1.165) is 10.5 Å². The Morgan fingerprint density at radius 1 is 0.863 bits per heavy atom. The number of carbonyl (C=O) groups is 10. The van der Waals surface area contributed by atoms with Gasteiger partial charge in [0.2, 0.25) is 17.7 Å². The molecule has 0 bridgehead atoms. The molecule has 22 nitrogen and oxygen atoms in total. The maximum atomic E-state index is 13.7. The number of imide groups is 1. The van der Waals surface area contributed by atoms with Gasteiger partial charge in [-0.15, -0.1) is 0 Å². The number of hydrogen-bond acceptors (Lipinski definition) is 14. The standard InChI is InChI=1S/C51H70N8O14/c1-30(2)41(56-37(61)14-10-9-11-24-59-38(62)19-20-39(59)63)45(66)55-36(13-12-23-53-46(52)67)44(65)54-34-17-15-33(16-18-34)28-71-47(68)57(7)25-26-58(8)48(69)73-43-40-31(3)51(21-22-51)50(6,70)42(64)35(40)27-49(43,5)29-72-32(4)60/h15-20,27,30,36,41,43,70H,9-14,21-26,28-29H2,1-8H3,(H,54,65)(H,55,66)(H,56,61)(H3,52,53,67)/t36?,41?,43?,49?,50-/m0/s1. The smallest absolute Gasteiger partial charge is 0.410 e. The zero-order valence-electron chi connectivity index (χ0n) is 42.9. The fourth-order valence-corrected chi connectivity index (χ4v) is 9.25. The number of unbranched alkanes of at least 4 members (excludes halogenated alkanes) is 2. The Hall–Kier alpha value is -7.10. The van der Waals surface area contributed by atoms with Gasteiger partial charge in [-0.25, -0.2) is 14.4 Å². The first-order chi connectivity index (χ1) is 34.3. The predicted octanol–water partition coefficient (Wildman–Crippen LogP) is 3.13. The minimum Gasteiger partial charge on any atom is -0.465 e. The Morgan fingerprint density at radius 2 is 1.49 bits per heavy atom. The first kappa shape index (κ1) is 56.8. The van der Waals surface area contributed by atoms with Crippen molar-refractivity contribution in [2.24, 2.45) is 22.5 Å². The Kier molecular flexibility index (Phi) is 18.7. The highest BCUT2D eigenvalue weighted by molar-refractivity contribution is 6.13. The Morgan fingerprint density at radius 3 is 2.08 bits per heavy atom. The van der Waals surface area contributed by atoms with Gasteiger partial charge in [0.05, 0.1) is 5.41 Å². The topological polar surface area (TPSA) is 302 Å². The number of fused-ring (bicyclic) bond motifs is 1. The molecule has 1 heterocycles. The number of hydrogen-bond donors (Lipinski definition) is 6. The van der Waals surface area contributed by atoms with Crippen LogP contribution in [0.15, 0.2) is 59.2 Å². The van der Waals surface area contributed by atoms with Crippen molar-refractivity contribution < 1.29 is 67.3 Å². The van der Waals surface area contributed by atoms with E-state index < -0.39 is 76.4 Å². The molecule has 22 heteroatoms. The SMILES string of the molecule is CC(=O)OCC1(C)C=C2C(=O)[C@](C)(O)C3(CC3)C(C)=C2C1OC(=O)N(C)CCN(C)C(=O)OCc1ccc(NC(=O)C(CCCNC(N)=O)NC(=O)C(NC(=O)CCCCCN2C(=O)C=CC2=O)C(C)C)cc1. The molecule has 0 radical (unpaired) electrons. The second kappa shape index (κ2) is 24.1. The van der Waals surface area contributed by atoms with Crippen molar-refractivity contribution in [3.8, 4) is 0 Å². The first-order valence-electron chi connectivity index (χ1n) is 24.5. The summed E-state index contributed by atoms with van der Waals surface area (Å²) in [5.41, 5.74) is 4.12. The predicted molar refractivity (Wildman–Crippen MR) is 263 cm³/mol. The molecule has 5 rings (SSSR count). The van der Waals surface area contributed by atoms with Crippen molar-refractivity contribution in [2.45, 2.75) is 123 Å². The number of Topliss-reactive ketones (excluding diaryl/α,β-unsaturated/α-hetero) is 1. The average Bonchev–Trinajstić information content (AvgIpc) is 4.03. The molecule has 0 saturated heterocycles. The third-order valence-corrected chi connectivity index (χ3v) is 14.0. The molecular weight excluding hydrogens is 949 g/mol. The highest BCUT2D eigenvalue weighted by atomic mass is 16.6. The van der Waals surface area contributed by atoms with Crippen LogP contribution in [0.2, 0.25) is 0 Å². The zero-order valence-corrected chi connectivity index (χ0v) is 42.9. The van der Waals surface area contributed by atoms with E-state index in [1.807, 2.05) is 6.92 Å². The lowest BCUT2D eigenvalue weighted by molar-refractivity contribution is -0.145. The molecule has 9 amide bonds. The van der Waals surface area contributed by atoms with Gasteiger partial charge in [-0.05, 0) is 82.9 Å². The Labute approximate surface area is 424 Å². The van der Waals surface area contributed by atoms with Crippen LogP contribution in [0.3, 0.4) is 0 Å². The van der Waals surface area contributed by atoms with E-state index in [9.17, 15) is 53.1 Å². The van der Waals surface area contributed by atoms with E-state index in [1.54, 1.807) is 51.1 Å². The van der Waals surface area contributed by atoms with Gasteiger partial charge < -0.3 is 56.1 Å². The molecule has 3 aliphatic carbocycles. The second-order valence-corrected chi connectivity index (χ2v) is 20.0. The van der Waals surface area contributed by atoms with Crippen LogP contribution in [-0.4, -0.2) is 150 Å². The Balaban J connectivity index is 1.10. The van der Waals surface area contributed by atoms with Gasteiger partial charge >= 0.3 is 24.2 Å². The lowest BCUT2D eigenvalue weighted by atomic mass is 9.67. The van der Waals surface area contributed by atoms with E-state index in [-0.39, 0.29) is 87.9 Å². The van der Waals surface area contributed by atoms with Crippen LogP contribution < -0.4 is 27.0 Å². The van der Waals surface area contributed by atoms with Crippen LogP contribution in [0.4, 0.5) is 20.1 Å². The van der Waals surface area contributed by atoms with Gasteiger partial charge in [0.25, 0.3) is 11.8 Å². The Bertz CT molecular complexity index is 2410. The molecule has 73 heavy (non-hydrogen) atoms. The van der Waals surface area contributed by atoms with Crippen molar-refractivity contribution >= 4 is 65.2 Å². The van der Waals surface area contributed by atoms with Gasteiger partial charge in [0.1, 0.15) is 37.0 Å². The maximum absolute atomic E-state index is 13.7. The fourth-order valence-electron chi connectivity index (χ4n) is 9.25. The van der Waals surface area contributed by atoms with E-state index in [1.165, 1.54) is 49.9 Å². The van der Waals surface area contributed by atoms with Crippen molar-refractivity contribution in [1.82, 2.24) is 30.7 Å². The molecule has 4 aliphatic rings. The maximum Gasteiger partial charge on any atom is 0.410 e. The molecular formula is C51H70N8O14. The van der Waals surface area contributed by atoms with Gasteiger partial charge in [-0.2, -0.15) is 0 Å². The van der Waals surface area contributed by atoms with Crippen LogP contribution >= 0.6 is 0 Å². The highest BCUT2D eigenvalue weighted by Gasteiger charge is 2.67. The van der Waals surface area contributed by atoms with Crippen LogP contribution in [0.1, 0.15) is 98.5 Å². The second-order valence-electron chi connectivity index (χ2n) is 20.0. The number of urea groups is 1. The molecule has 1 aliphatic heterocycles. The van der Waals surface area contributed by atoms with Crippen LogP contribution in [0.5, 0.6) is 0 Å². The first-order valence-corrected chi connectivity index (χ1v) is 24.5. The summed E-state index contributed by atoms with van der Waals surface area (Å²) < 4.78 is 16.9. The molecule has 4 unspecified atom stereocenters. The summed E-state index contributed by atoms with van der Waals surface area (Å²) in [6.45, 7) is 9.95. The average molecular weight is 1020 g/mol. The number of benzene rings is 1. The third kappa shape index (κ3) is 13.9. The summed E-state index contributed by atoms with van der Waals surface area (Å²) in [5, 5.41) is 22.1. The van der Waals surface area contributed by atoms with Crippen molar-refractivity contribution in [3.63, 3.8) is 0 Å². The minimum absolute atomic E-state index is 0.0344. The lowest BCUT2D eigenvalue weighted by Gasteiger charge is -2.40. The summed E-state index contributed by atoms with van der Waals surface area (Å²) in [7, 11) is 2.99. The van der Waals surface area contributed by atoms with E-state index in [2.05, 4.69) is 21.3 Å². The number of anilines is 1. The largest absolute Gasteiger partial charge is 0.465 e. The van der Waals surface area contributed by atoms with Gasteiger partial charge in [-0.1, -0.05) is 44.1 Å². The number of nitrogens with one attached hydrogen (secondary N) is 4. The van der Waals surface area contributed by atoms with Crippen molar-refractivity contribution in [1.29, 1.82) is 0 Å². The highest BCUT2D eigenvalue weighted by Crippen LogP contribution is 2.66. The number of amides is 9. The molecule has 1 fully saturated rings. The fraction of sp³-hybridized carbons (Fsp3) is 0.569. The van der Waals surface area contributed by atoms with Crippen LogP contribution in [0.25, 0.3) is 0 Å². The number of ketones is 1. The molecule has 1 aromatic carbocycles. The van der Waals surface area contributed by atoms with Gasteiger partial charge in [-0.3, -0.25) is 38.5 Å². The molecule has 1 aromatic rings.